The number of hydrogen-bond acceptors (Lipinski definition) is 4. The molecule has 0 fully saturated rings. The zero-order valence-electron chi connectivity index (χ0n) is 26.5. The summed E-state index contributed by atoms with van der Waals surface area (Å²) in [6, 6.07) is 57.4. The van der Waals surface area contributed by atoms with Gasteiger partial charge < -0.3 is 9.73 Å². The van der Waals surface area contributed by atoms with Crippen LogP contribution in [0.5, 0.6) is 0 Å². The predicted molar refractivity (Wildman–Crippen MR) is 204 cm³/mol. The van der Waals surface area contributed by atoms with Crippen molar-refractivity contribution in [3.05, 3.63) is 180 Å². The van der Waals surface area contributed by atoms with Crippen molar-refractivity contribution >= 4 is 65.9 Å². The van der Waals surface area contributed by atoms with Crippen LogP contribution in [-0.4, -0.2) is 11.7 Å². The summed E-state index contributed by atoms with van der Waals surface area (Å²) in [6.45, 7) is 0. The molecule has 10 rings (SSSR count). The lowest BCUT2D eigenvalue weighted by atomic mass is 9.96. The first-order valence-corrected chi connectivity index (χ1v) is 16.6. The first kappa shape index (κ1) is 27.6. The molecule has 0 radical (unpaired) electrons. The largest absolute Gasteiger partial charge is 0.455 e. The molecule has 0 aliphatic carbocycles. The molecule has 0 saturated carbocycles. The molecule has 0 bridgehead atoms. The van der Waals surface area contributed by atoms with Gasteiger partial charge in [-0.1, -0.05) is 146 Å². The number of fused-ring (bicyclic) bond motifs is 7. The zero-order valence-corrected chi connectivity index (χ0v) is 26.5. The number of aliphatic imine (C=N–C) groups is 2. The summed E-state index contributed by atoms with van der Waals surface area (Å²) in [5.74, 6) is 1.58. The van der Waals surface area contributed by atoms with Crippen LogP contribution in [0.15, 0.2) is 178 Å². The van der Waals surface area contributed by atoms with Gasteiger partial charge in [0, 0.05) is 33.0 Å². The molecule has 4 heteroatoms. The van der Waals surface area contributed by atoms with Gasteiger partial charge in [-0.05, 0) is 56.1 Å². The number of amidine groups is 2. The maximum Gasteiger partial charge on any atom is 0.170 e. The van der Waals surface area contributed by atoms with Gasteiger partial charge >= 0.3 is 0 Å². The van der Waals surface area contributed by atoms with Crippen molar-refractivity contribution in [2.75, 3.05) is 0 Å². The van der Waals surface area contributed by atoms with E-state index in [4.69, 9.17) is 14.4 Å². The van der Waals surface area contributed by atoms with E-state index in [0.717, 1.165) is 66.8 Å². The van der Waals surface area contributed by atoms with Crippen LogP contribution in [0.3, 0.4) is 0 Å². The summed E-state index contributed by atoms with van der Waals surface area (Å²) in [5.41, 5.74) is 6.94. The van der Waals surface area contributed by atoms with Gasteiger partial charge in [-0.3, -0.25) is 0 Å². The first-order valence-electron chi connectivity index (χ1n) is 16.6. The van der Waals surface area contributed by atoms with Crippen LogP contribution >= 0.6 is 0 Å². The standard InChI is InChI=1S/C45H29N3O/c1-2-13-29(14-3-1)43-46-44(48-45(47-43)39-27-31-16-6-7-17-33(31)35-18-8-9-19-36(35)39)38-22-11-23-40-41(38)37-21-10-20-34(42(37)49-40)32-25-24-28-12-4-5-15-30(28)26-32/h1-27,44H,(H,46,47,48). The Labute approximate surface area is 282 Å². The Kier molecular flexibility index (Phi) is 6.21. The molecule has 0 spiro atoms. The summed E-state index contributed by atoms with van der Waals surface area (Å²) in [5, 5.41) is 12.9. The number of furan rings is 1. The van der Waals surface area contributed by atoms with Crippen molar-refractivity contribution in [3.63, 3.8) is 0 Å². The number of nitrogens with one attached hydrogen (secondary N) is 1. The highest BCUT2D eigenvalue weighted by Gasteiger charge is 2.25. The third kappa shape index (κ3) is 4.53. The van der Waals surface area contributed by atoms with E-state index in [1.807, 2.05) is 24.3 Å². The highest BCUT2D eigenvalue weighted by Crippen LogP contribution is 2.41. The van der Waals surface area contributed by atoms with Crippen molar-refractivity contribution < 1.29 is 4.42 Å². The molecule has 9 aromatic rings. The SMILES string of the molecule is c1ccc(C2=NC(c3cccc4oc5c(-c6ccc7ccccc7c6)cccc5c34)N=C(c3cc4ccccc4c4ccccc34)N2)cc1. The van der Waals surface area contributed by atoms with E-state index in [1.54, 1.807) is 0 Å². The van der Waals surface area contributed by atoms with E-state index in [-0.39, 0.29) is 0 Å². The fourth-order valence-corrected chi connectivity index (χ4v) is 7.39. The van der Waals surface area contributed by atoms with Crippen molar-refractivity contribution in [2.24, 2.45) is 9.98 Å². The van der Waals surface area contributed by atoms with Gasteiger partial charge in [-0.2, -0.15) is 0 Å². The third-order valence-corrected chi connectivity index (χ3v) is 9.70. The molecule has 1 aliphatic rings. The number of hydrogen-bond donors (Lipinski definition) is 1. The average Bonchev–Trinajstić information content (AvgIpc) is 3.57. The Hall–Kier alpha value is -6.52. The second-order valence-corrected chi connectivity index (χ2v) is 12.6. The van der Waals surface area contributed by atoms with E-state index in [9.17, 15) is 0 Å². The van der Waals surface area contributed by atoms with Crippen LogP contribution in [0, 0.1) is 0 Å². The molecule has 1 aliphatic heterocycles. The van der Waals surface area contributed by atoms with Gasteiger partial charge in [0.15, 0.2) is 6.17 Å². The number of para-hydroxylation sites is 1. The number of benzene rings is 8. The lowest BCUT2D eigenvalue weighted by molar-refractivity contribution is 0.668. The summed E-state index contributed by atoms with van der Waals surface area (Å²) in [4.78, 5) is 10.7. The summed E-state index contributed by atoms with van der Waals surface area (Å²) in [7, 11) is 0. The summed E-state index contributed by atoms with van der Waals surface area (Å²) in [6.07, 6.45) is -0.495. The Balaban J connectivity index is 1.19. The minimum Gasteiger partial charge on any atom is -0.455 e. The molecule has 2 heterocycles. The van der Waals surface area contributed by atoms with Gasteiger partial charge in [0.1, 0.15) is 22.8 Å². The van der Waals surface area contributed by atoms with Crippen LogP contribution < -0.4 is 5.32 Å². The van der Waals surface area contributed by atoms with Crippen molar-refractivity contribution in [3.8, 4) is 11.1 Å². The Morgan fingerprint density at radius 3 is 2.02 bits per heavy atom. The Morgan fingerprint density at radius 1 is 0.449 bits per heavy atom. The minimum absolute atomic E-state index is 0.495. The third-order valence-electron chi connectivity index (χ3n) is 9.70. The Morgan fingerprint density at radius 2 is 1.14 bits per heavy atom. The van der Waals surface area contributed by atoms with E-state index >= 15 is 0 Å². The van der Waals surface area contributed by atoms with Gasteiger partial charge in [-0.25, -0.2) is 9.98 Å². The van der Waals surface area contributed by atoms with Crippen LogP contribution in [0.25, 0.3) is 65.4 Å². The smallest absolute Gasteiger partial charge is 0.170 e. The van der Waals surface area contributed by atoms with E-state index in [0.29, 0.717) is 0 Å². The fraction of sp³-hybridized carbons (Fsp3) is 0.0222. The molecule has 1 aromatic heterocycles. The summed E-state index contributed by atoms with van der Waals surface area (Å²) >= 11 is 0. The molecule has 230 valence electrons. The van der Waals surface area contributed by atoms with E-state index < -0.39 is 6.17 Å². The number of nitrogens with zero attached hydrogens (tertiary/aromatic N) is 2. The zero-order chi connectivity index (χ0) is 32.3. The maximum absolute atomic E-state index is 6.70. The molecule has 1 unspecified atom stereocenters. The van der Waals surface area contributed by atoms with Crippen LogP contribution in [0.2, 0.25) is 0 Å². The van der Waals surface area contributed by atoms with Gasteiger partial charge in [-0.15, -0.1) is 0 Å². The second-order valence-electron chi connectivity index (χ2n) is 12.6. The van der Waals surface area contributed by atoms with Gasteiger partial charge in [0.2, 0.25) is 0 Å². The molecule has 0 saturated heterocycles. The minimum atomic E-state index is -0.495. The molecule has 4 nitrogen and oxygen atoms in total. The lowest BCUT2D eigenvalue weighted by Gasteiger charge is -2.24. The van der Waals surface area contributed by atoms with E-state index in [1.165, 1.54) is 26.9 Å². The average molecular weight is 628 g/mol. The summed E-state index contributed by atoms with van der Waals surface area (Å²) < 4.78 is 6.70. The van der Waals surface area contributed by atoms with Crippen molar-refractivity contribution in [1.29, 1.82) is 0 Å². The fourth-order valence-electron chi connectivity index (χ4n) is 7.39. The highest BCUT2D eigenvalue weighted by molar-refractivity contribution is 6.24. The normalized spacial score (nSPS) is 14.7. The first-order chi connectivity index (χ1) is 24.3. The molecule has 49 heavy (non-hydrogen) atoms. The molecular weight excluding hydrogens is 599 g/mol. The topological polar surface area (TPSA) is 49.9 Å². The molecule has 8 aromatic carbocycles. The van der Waals surface area contributed by atoms with Crippen LogP contribution in [0.4, 0.5) is 0 Å². The molecule has 1 atom stereocenters. The number of rotatable bonds is 4. The predicted octanol–water partition coefficient (Wildman–Crippen LogP) is 11.2. The van der Waals surface area contributed by atoms with Crippen molar-refractivity contribution in [2.45, 2.75) is 6.17 Å². The van der Waals surface area contributed by atoms with Crippen LogP contribution in [-0.2, 0) is 0 Å². The molecule has 0 amide bonds. The second kappa shape index (κ2) is 11.0. The molecule has 1 N–H and O–H groups in total. The monoisotopic (exact) mass is 627 g/mol. The van der Waals surface area contributed by atoms with Gasteiger partial charge in [0.05, 0.1) is 0 Å². The lowest BCUT2D eigenvalue weighted by Crippen LogP contribution is -2.36. The van der Waals surface area contributed by atoms with Crippen LogP contribution in [0.1, 0.15) is 22.9 Å². The quantitative estimate of drug-likeness (QED) is 0.197. The van der Waals surface area contributed by atoms with E-state index in [2.05, 4.69) is 145 Å². The Bertz CT molecular complexity index is 2810. The molecular formula is C45H29N3O. The highest BCUT2D eigenvalue weighted by atomic mass is 16.3. The van der Waals surface area contributed by atoms with Crippen molar-refractivity contribution in [1.82, 2.24) is 5.32 Å². The van der Waals surface area contributed by atoms with Gasteiger partial charge in [0.25, 0.3) is 0 Å². The maximum atomic E-state index is 6.70.